The van der Waals surface area contributed by atoms with Crippen LogP contribution in [-0.4, -0.2) is 54.6 Å². The molecule has 0 spiro atoms. The van der Waals surface area contributed by atoms with Crippen LogP contribution >= 0.6 is 0 Å². The summed E-state index contributed by atoms with van der Waals surface area (Å²) in [6, 6.07) is 13.5. The lowest BCUT2D eigenvalue weighted by Gasteiger charge is -2.27. The highest BCUT2D eigenvalue weighted by atomic mass is 19.1. The zero-order valence-corrected chi connectivity index (χ0v) is 17.0. The number of aromatic nitrogens is 3. The van der Waals surface area contributed by atoms with Gasteiger partial charge in [-0.25, -0.2) is 9.82 Å². The molecule has 10 heteroatoms. The Hall–Kier alpha value is -3.79. The molecular weight excluding hydrogens is 401 g/mol. The molecule has 0 radical (unpaired) electrons. The summed E-state index contributed by atoms with van der Waals surface area (Å²) in [6.07, 6.45) is 1.50. The SMILES string of the molecule is COc1ccc(Nc2nc(N/N=C\c3cccc(F)c3)nc(N3CCOCC3)n2)cc1. The number of hydrazone groups is 1. The second kappa shape index (κ2) is 9.81. The van der Waals surface area contributed by atoms with Crippen LogP contribution in [-0.2, 0) is 4.74 Å². The maximum atomic E-state index is 13.3. The summed E-state index contributed by atoms with van der Waals surface area (Å²) in [7, 11) is 1.62. The smallest absolute Gasteiger partial charge is 0.250 e. The van der Waals surface area contributed by atoms with Crippen LogP contribution in [0.3, 0.4) is 0 Å². The number of nitrogens with zero attached hydrogens (tertiary/aromatic N) is 5. The van der Waals surface area contributed by atoms with Gasteiger partial charge in [0, 0.05) is 18.8 Å². The van der Waals surface area contributed by atoms with Gasteiger partial charge in [0.15, 0.2) is 0 Å². The number of benzene rings is 2. The fraction of sp³-hybridized carbons (Fsp3) is 0.238. The summed E-state index contributed by atoms with van der Waals surface area (Å²) >= 11 is 0. The number of methoxy groups -OCH3 is 1. The first kappa shape index (κ1) is 20.5. The summed E-state index contributed by atoms with van der Waals surface area (Å²) in [4.78, 5) is 15.4. The third-order valence-electron chi connectivity index (χ3n) is 4.49. The molecule has 0 bridgehead atoms. The molecule has 1 saturated heterocycles. The van der Waals surface area contributed by atoms with Gasteiger partial charge in [-0.2, -0.15) is 20.1 Å². The highest BCUT2D eigenvalue weighted by Gasteiger charge is 2.16. The van der Waals surface area contributed by atoms with E-state index in [4.69, 9.17) is 9.47 Å². The van der Waals surface area contributed by atoms with Crippen LogP contribution in [0.4, 0.5) is 27.9 Å². The molecule has 0 aliphatic carbocycles. The number of morpholine rings is 1. The van der Waals surface area contributed by atoms with Crippen LogP contribution in [0, 0.1) is 5.82 Å². The van der Waals surface area contributed by atoms with E-state index < -0.39 is 0 Å². The van der Waals surface area contributed by atoms with E-state index in [0.29, 0.717) is 43.8 Å². The maximum Gasteiger partial charge on any atom is 0.250 e. The minimum absolute atomic E-state index is 0.264. The van der Waals surface area contributed by atoms with Gasteiger partial charge in [-0.15, -0.1) is 0 Å². The van der Waals surface area contributed by atoms with Gasteiger partial charge in [-0.3, -0.25) is 0 Å². The zero-order chi connectivity index (χ0) is 21.5. The number of halogens is 1. The standard InChI is InChI=1S/C21H22FN7O2/c1-30-18-7-5-17(6-8-18)24-19-25-20(27-21(26-19)29-9-11-31-12-10-29)28-23-14-15-3-2-4-16(22)13-15/h2-8,13-14H,9-12H2,1H3,(H2,24,25,26,27,28)/b23-14-. The Bertz CT molecular complexity index is 1040. The summed E-state index contributed by atoms with van der Waals surface area (Å²) in [6.45, 7) is 2.57. The molecule has 9 nitrogen and oxygen atoms in total. The lowest BCUT2D eigenvalue weighted by molar-refractivity contribution is 0.122. The van der Waals surface area contributed by atoms with Crippen molar-refractivity contribution in [2.24, 2.45) is 5.10 Å². The predicted octanol–water partition coefficient (Wildman–Crippen LogP) is 3.05. The van der Waals surface area contributed by atoms with E-state index in [1.54, 1.807) is 19.2 Å². The lowest BCUT2D eigenvalue weighted by atomic mass is 10.2. The fourth-order valence-electron chi connectivity index (χ4n) is 2.93. The van der Waals surface area contributed by atoms with Crippen molar-refractivity contribution in [2.75, 3.05) is 49.1 Å². The first-order valence-corrected chi connectivity index (χ1v) is 9.74. The molecule has 1 fully saturated rings. The van der Waals surface area contributed by atoms with E-state index in [1.165, 1.54) is 18.3 Å². The van der Waals surface area contributed by atoms with Crippen LogP contribution in [0.5, 0.6) is 5.75 Å². The van der Waals surface area contributed by atoms with Gasteiger partial charge < -0.3 is 19.7 Å². The third kappa shape index (κ3) is 5.64. The molecule has 1 aliphatic rings. The molecule has 0 amide bonds. The largest absolute Gasteiger partial charge is 0.497 e. The number of hydrogen-bond donors (Lipinski definition) is 2. The molecule has 1 aromatic heterocycles. The van der Waals surface area contributed by atoms with Crippen molar-refractivity contribution >= 4 is 29.7 Å². The van der Waals surface area contributed by atoms with Crippen molar-refractivity contribution in [1.29, 1.82) is 0 Å². The molecule has 4 rings (SSSR count). The highest BCUT2D eigenvalue weighted by Crippen LogP contribution is 2.21. The summed E-state index contributed by atoms with van der Waals surface area (Å²) < 4.78 is 23.9. The Balaban J connectivity index is 1.56. The van der Waals surface area contributed by atoms with Gasteiger partial charge in [0.05, 0.1) is 26.5 Å². The average molecular weight is 423 g/mol. The minimum atomic E-state index is -0.329. The summed E-state index contributed by atoms with van der Waals surface area (Å²) in [5.41, 5.74) is 4.22. The first-order chi connectivity index (χ1) is 15.2. The molecular formula is C21H22FN7O2. The Morgan fingerprint density at radius 3 is 2.58 bits per heavy atom. The van der Waals surface area contributed by atoms with Crippen LogP contribution in [0.1, 0.15) is 5.56 Å². The Morgan fingerprint density at radius 2 is 1.84 bits per heavy atom. The van der Waals surface area contributed by atoms with Gasteiger partial charge in [0.25, 0.3) is 0 Å². The number of hydrogen-bond acceptors (Lipinski definition) is 9. The maximum absolute atomic E-state index is 13.3. The molecule has 31 heavy (non-hydrogen) atoms. The second-order valence-corrected chi connectivity index (χ2v) is 6.66. The van der Waals surface area contributed by atoms with Crippen molar-refractivity contribution in [3.8, 4) is 5.75 Å². The van der Waals surface area contributed by atoms with Crippen LogP contribution in [0.25, 0.3) is 0 Å². The first-order valence-electron chi connectivity index (χ1n) is 9.74. The van der Waals surface area contributed by atoms with E-state index >= 15 is 0 Å². The van der Waals surface area contributed by atoms with Crippen molar-refractivity contribution < 1.29 is 13.9 Å². The fourth-order valence-corrected chi connectivity index (χ4v) is 2.93. The van der Waals surface area contributed by atoms with Crippen molar-refractivity contribution in [2.45, 2.75) is 0 Å². The lowest BCUT2D eigenvalue weighted by Crippen LogP contribution is -2.37. The van der Waals surface area contributed by atoms with Crippen molar-refractivity contribution in [1.82, 2.24) is 15.0 Å². The molecule has 2 N–H and O–H groups in total. The molecule has 0 unspecified atom stereocenters. The average Bonchev–Trinajstić information content (AvgIpc) is 2.80. The molecule has 1 aliphatic heterocycles. The Kier molecular flexibility index (Phi) is 6.48. The number of ether oxygens (including phenoxy) is 2. The molecule has 3 aromatic rings. The highest BCUT2D eigenvalue weighted by molar-refractivity contribution is 5.79. The zero-order valence-electron chi connectivity index (χ0n) is 17.0. The molecule has 160 valence electrons. The molecule has 2 heterocycles. The third-order valence-corrected chi connectivity index (χ3v) is 4.49. The number of nitrogens with one attached hydrogen (secondary N) is 2. The van der Waals surface area contributed by atoms with E-state index in [2.05, 4.69) is 30.8 Å². The molecule has 0 atom stereocenters. The van der Waals surface area contributed by atoms with Crippen molar-refractivity contribution in [3.63, 3.8) is 0 Å². The minimum Gasteiger partial charge on any atom is -0.497 e. The monoisotopic (exact) mass is 423 g/mol. The Morgan fingerprint density at radius 1 is 1.06 bits per heavy atom. The van der Waals surface area contributed by atoms with Gasteiger partial charge in [0.2, 0.25) is 17.8 Å². The van der Waals surface area contributed by atoms with Gasteiger partial charge in [0.1, 0.15) is 11.6 Å². The summed E-state index contributed by atoms with van der Waals surface area (Å²) in [5, 5.41) is 7.30. The van der Waals surface area contributed by atoms with E-state index in [-0.39, 0.29) is 11.8 Å². The predicted molar refractivity (Wildman–Crippen MR) is 117 cm³/mol. The molecule has 0 saturated carbocycles. The normalized spacial score (nSPS) is 13.9. The van der Waals surface area contributed by atoms with Crippen LogP contribution in [0.2, 0.25) is 0 Å². The quantitative estimate of drug-likeness (QED) is 0.442. The van der Waals surface area contributed by atoms with Gasteiger partial charge in [-0.05, 0) is 42.0 Å². The van der Waals surface area contributed by atoms with Gasteiger partial charge in [-0.1, -0.05) is 12.1 Å². The second-order valence-electron chi connectivity index (χ2n) is 6.66. The van der Waals surface area contributed by atoms with Crippen molar-refractivity contribution in [3.05, 3.63) is 59.9 Å². The van der Waals surface area contributed by atoms with Crippen LogP contribution in [0.15, 0.2) is 53.6 Å². The Labute approximate surface area is 179 Å². The van der Waals surface area contributed by atoms with Crippen LogP contribution < -0.4 is 20.4 Å². The molecule has 2 aromatic carbocycles. The summed E-state index contributed by atoms with van der Waals surface area (Å²) in [5.74, 6) is 1.57. The number of rotatable bonds is 7. The topological polar surface area (TPSA) is 96.8 Å². The van der Waals surface area contributed by atoms with E-state index in [9.17, 15) is 4.39 Å². The number of anilines is 4. The van der Waals surface area contributed by atoms with Gasteiger partial charge >= 0.3 is 0 Å². The van der Waals surface area contributed by atoms with E-state index in [0.717, 1.165) is 11.4 Å². The van der Waals surface area contributed by atoms with E-state index in [1.807, 2.05) is 29.2 Å².